The smallest absolute Gasteiger partial charge is 0.138 e. The Morgan fingerprint density at radius 1 is 1.33 bits per heavy atom. The Bertz CT molecular complexity index is 259. The molecule has 0 saturated carbocycles. The van der Waals surface area contributed by atoms with Crippen LogP contribution in [0.2, 0.25) is 10.0 Å². The van der Waals surface area contributed by atoms with Gasteiger partial charge in [0.15, 0.2) is 0 Å². The van der Waals surface area contributed by atoms with E-state index in [0.717, 1.165) is 5.56 Å². The Hall–Kier alpha value is -0.440. The van der Waals surface area contributed by atoms with E-state index >= 15 is 0 Å². The van der Waals surface area contributed by atoms with Gasteiger partial charge in [-0.15, -0.1) is 0 Å². The van der Waals surface area contributed by atoms with Crippen LogP contribution in [0.1, 0.15) is 5.56 Å². The van der Waals surface area contributed by atoms with E-state index in [1.54, 1.807) is 19.2 Å². The van der Waals surface area contributed by atoms with Crippen LogP contribution in [0, 0.1) is 0 Å². The number of hydrogen-bond donors (Lipinski definition) is 1. The Morgan fingerprint density at radius 3 is 2.50 bits per heavy atom. The maximum absolute atomic E-state index is 5.86. The van der Waals surface area contributed by atoms with Crippen molar-refractivity contribution in [3.05, 3.63) is 27.7 Å². The molecule has 0 aliphatic rings. The van der Waals surface area contributed by atoms with Crippen LogP contribution in [0.4, 0.5) is 0 Å². The van der Waals surface area contributed by atoms with Gasteiger partial charge in [-0.1, -0.05) is 23.2 Å². The Balaban J connectivity index is 3.16. The van der Waals surface area contributed by atoms with E-state index in [1.807, 2.05) is 0 Å². The molecule has 0 aliphatic carbocycles. The highest BCUT2D eigenvalue weighted by Crippen LogP contribution is 2.30. The second-order valence-corrected chi connectivity index (χ2v) is 3.10. The molecule has 0 saturated heterocycles. The molecule has 2 nitrogen and oxygen atoms in total. The summed E-state index contributed by atoms with van der Waals surface area (Å²) in [6, 6.07) is 3.37. The molecule has 2 N–H and O–H groups in total. The fourth-order valence-electron chi connectivity index (χ4n) is 0.883. The summed E-state index contributed by atoms with van der Waals surface area (Å²) < 4.78 is 4.97. The van der Waals surface area contributed by atoms with Crippen LogP contribution >= 0.6 is 23.2 Å². The predicted molar refractivity (Wildman–Crippen MR) is 50.9 cm³/mol. The van der Waals surface area contributed by atoms with Gasteiger partial charge >= 0.3 is 0 Å². The second-order valence-electron chi connectivity index (χ2n) is 2.28. The summed E-state index contributed by atoms with van der Waals surface area (Å²) in [6.45, 7) is 0.378. The van der Waals surface area contributed by atoms with Gasteiger partial charge in [0.05, 0.1) is 12.1 Å². The van der Waals surface area contributed by atoms with Crippen molar-refractivity contribution < 1.29 is 4.74 Å². The van der Waals surface area contributed by atoms with E-state index in [9.17, 15) is 0 Å². The minimum Gasteiger partial charge on any atom is -0.495 e. The minimum absolute atomic E-state index is 0.378. The quantitative estimate of drug-likeness (QED) is 0.806. The fraction of sp³-hybridized carbons (Fsp3) is 0.250. The zero-order valence-electron chi connectivity index (χ0n) is 6.60. The van der Waals surface area contributed by atoms with Crippen molar-refractivity contribution >= 4 is 23.2 Å². The summed E-state index contributed by atoms with van der Waals surface area (Å²) in [5.41, 5.74) is 6.25. The molecule has 0 aromatic heterocycles. The standard InChI is InChI=1S/C8H9Cl2NO/c1-12-8-3-6(9)5(4-11)2-7(8)10/h2-3H,4,11H2,1H3. The molecule has 0 fully saturated rings. The van der Waals surface area contributed by atoms with Crippen molar-refractivity contribution in [3.63, 3.8) is 0 Å². The third kappa shape index (κ3) is 1.83. The van der Waals surface area contributed by atoms with Gasteiger partial charge in [-0.3, -0.25) is 0 Å². The van der Waals surface area contributed by atoms with Crippen molar-refractivity contribution in [2.45, 2.75) is 6.54 Å². The van der Waals surface area contributed by atoms with E-state index in [1.165, 1.54) is 0 Å². The normalized spacial score (nSPS) is 10.0. The number of rotatable bonds is 2. The van der Waals surface area contributed by atoms with Crippen LogP contribution in [0.25, 0.3) is 0 Å². The maximum atomic E-state index is 5.86. The van der Waals surface area contributed by atoms with Gasteiger partial charge in [-0.2, -0.15) is 0 Å². The van der Waals surface area contributed by atoms with Gasteiger partial charge in [0.25, 0.3) is 0 Å². The van der Waals surface area contributed by atoms with Gasteiger partial charge < -0.3 is 10.5 Å². The molecule has 0 radical (unpaired) electrons. The molecule has 1 aromatic carbocycles. The Morgan fingerprint density at radius 2 is 2.00 bits per heavy atom. The molecule has 0 aliphatic heterocycles. The summed E-state index contributed by atoms with van der Waals surface area (Å²) >= 11 is 11.7. The van der Waals surface area contributed by atoms with Crippen molar-refractivity contribution in [2.24, 2.45) is 5.73 Å². The molecule has 12 heavy (non-hydrogen) atoms. The molecule has 1 rings (SSSR count). The SMILES string of the molecule is COc1cc(Cl)c(CN)cc1Cl. The lowest BCUT2D eigenvalue weighted by Crippen LogP contribution is -1.97. The molecule has 1 aromatic rings. The van der Waals surface area contributed by atoms with Gasteiger partial charge in [0, 0.05) is 17.6 Å². The molecule has 4 heteroatoms. The molecule has 0 spiro atoms. The van der Waals surface area contributed by atoms with E-state index in [4.69, 9.17) is 33.7 Å². The number of nitrogens with two attached hydrogens (primary N) is 1. The molecular weight excluding hydrogens is 197 g/mol. The Kier molecular flexibility index (Phi) is 3.20. The molecular formula is C8H9Cl2NO. The second kappa shape index (κ2) is 3.99. The topological polar surface area (TPSA) is 35.2 Å². The molecule has 0 amide bonds. The first-order valence-corrected chi connectivity index (χ1v) is 4.16. The zero-order chi connectivity index (χ0) is 9.14. The number of hydrogen-bond acceptors (Lipinski definition) is 2. The minimum atomic E-state index is 0.378. The average molecular weight is 206 g/mol. The fourth-order valence-corrected chi connectivity index (χ4v) is 1.38. The first kappa shape index (κ1) is 9.65. The van der Waals surface area contributed by atoms with E-state index in [0.29, 0.717) is 22.3 Å². The van der Waals surface area contributed by atoms with Crippen LogP contribution in [0.5, 0.6) is 5.75 Å². The summed E-state index contributed by atoms with van der Waals surface area (Å²) in [5, 5.41) is 1.11. The van der Waals surface area contributed by atoms with Crippen LogP contribution in [-0.4, -0.2) is 7.11 Å². The van der Waals surface area contributed by atoms with Crippen LogP contribution < -0.4 is 10.5 Å². The lowest BCUT2D eigenvalue weighted by atomic mass is 10.2. The maximum Gasteiger partial charge on any atom is 0.138 e. The molecule has 66 valence electrons. The van der Waals surface area contributed by atoms with Crippen molar-refractivity contribution in [2.75, 3.05) is 7.11 Å². The largest absolute Gasteiger partial charge is 0.495 e. The van der Waals surface area contributed by atoms with Crippen molar-refractivity contribution in [1.82, 2.24) is 0 Å². The first-order chi connectivity index (χ1) is 5.69. The Labute approximate surface area is 81.2 Å². The monoisotopic (exact) mass is 205 g/mol. The third-order valence-corrected chi connectivity index (χ3v) is 2.19. The summed E-state index contributed by atoms with van der Waals surface area (Å²) in [6.07, 6.45) is 0. The lowest BCUT2D eigenvalue weighted by Gasteiger charge is -2.06. The highest BCUT2D eigenvalue weighted by molar-refractivity contribution is 6.34. The first-order valence-electron chi connectivity index (χ1n) is 3.41. The van der Waals surface area contributed by atoms with E-state index < -0.39 is 0 Å². The van der Waals surface area contributed by atoms with Crippen molar-refractivity contribution in [1.29, 1.82) is 0 Å². The number of benzene rings is 1. The van der Waals surface area contributed by atoms with Crippen molar-refractivity contribution in [3.8, 4) is 5.75 Å². The number of methoxy groups -OCH3 is 1. The predicted octanol–water partition coefficient (Wildman–Crippen LogP) is 2.46. The highest BCUT2D eigenvalue weighted by Gasteiger charge is 2.05. The molecule has 0 atom stereocenters. The van der Waals surface area contributed by atoms with E-state index in [2.05, 4.69) is 0 Å². The highest BCUT2D eigenvalue weighted by atomic mass is 35.5. The van der Waals surface area contributed by atoms with E-state index in [-0.39, 0.29) is 0 Å². The van der Waals surface area contributed by atoms with Gasteiger partial charge in [-0.05, 0) is 11.6 Å². The summed E-state index contributed by atoms with van der Waals surface area (Å²) in [7, 11) is 1.54. The summed E-state index contributed by atoms with van der Waals surface area (Å²) in [5.74, 6) is 0.568. The summed E-state index contributed by atoms with van der Waals surface area (Å²) in [4.78, 5) is 0. The average Bonchev–Trinajstić information content (AvgIpc) is 2.08. The van der Waals surface area contributed by atoms with Gasteiger partial charge in [0.1, 0.15) is 5.75 Å². The number of ether oxygens (including phenoxy) is 1. The van der Waals surface area contributed by atoms with Gasteiger partial charge in [0.2, 0.25) is 0 Å². The molecule has 0 heterocycles. The van der Waals surface area contributed by atoms with Crippen LogP contribution in [-0.2, 0) is 6.54 Å². The zero-order valence-corrected chi connectivity index (χ0v) is 8.12. The van der Waals surface area contributed by atoms with Gasteiger partial charge in [-0.25, -0.2) is 0 Å². The molecule has 0 bridgehead atoms. The number of halogens is 2. The van der Waals surface area contributed by atoms with Crippen LogP contribution in [0.15, 0.2) is 12.1 Å². The molecule has 0 unspecified atom stereocenters. The van der Waals surface area contributed by atoms with Crippen LogP contribution in [0.3, 0.4) is 0 Å². The third-order valence-electron chi connectivity index (χ3n) is 1.54. The lowest BCUT2D eigenvalue weighted by molar-refractivity contribution is 0.415.